The van der Waals surface area contributed by atoms with Gasteiger partial charge in [0.25, 0.3) is 0 Å². The highest BCUT2D eigenvalue weighted by Gasteiger charge is 2.36. The molecular formula is C18H29NO2. The fourth-order valence-corrected chi connectivity index (χ4v) is 3.42. The first-order valence-electron chi connectivity index (χ1n) is 7.94. The summed E-state index contributed by atoms with van der Waals surface area (Å²) < 4.78 is 11.1. The van der Waals surface area contributed by atoms with Gasteiger partial charge >= 0.3 is 0 Å². The van der Waals surface area contributed by atoms with E-state index in [1.54, 1.807) is 7.11 Å². The molecule has 1 heterocycles. The van der Waals surface area contributed by atoms with Crippen molar-refractivity contribution in [2.45, 2.75) is 58.5 Å². The van der Waals surface area contributed by atoms with Crippen LogP contribution in [0.3, 0.4) is 0 Å². The van der Waals surface area contributed by atoms with E-state index in [0.717, 1.165) is 18.0 Å². The maximum absolute atomic E-state index is 5.71. The highest BCUT2D eigenvalue weighted by Crippen LogP contribution is 2.38. The SMILES string of the molecule is CCOc1cc([C@@H]2C[C@@H](C)N(C(C)(C)C)C2)ccc1OC. The molecule has 1 aliphatic heterocycles. The van der Waals surface area contributed by atoms with Crippen LogP contribution in [0.5, 0.6) is 11.5 Å². The zero-order valence-electron chi connectivity index (χ0n) is 14.3. The summed E-state index contributed by atoms with van der Waals surface area (Å²) in [5.41, 5.74) is 1.58. The second kappa shape index (κ2) is 6.27. The molecule has 1 aliphatic rings. The number of hydrogen-bond donors (Lipinski definition) is 0. The molecule has 0 amide bonds. The van der Waals surface area contributed by atoms with E-state index in [1.807, 2.05) is 13.0 Å². The Hall–Kier alpha value is -1.22. The molecule has 0 aromatic heterocycles. The highest BCUT2D eigenvalue weighted by molar-refractivity contribution is 5.44. The Kier molecular flexibility index (Phi) is 4.82. The first-order valence-corrected chi connectivity index (χ1v) is 7.94. The van der Waals surface area contributed by atoms with Gasteiger partial charge < -0.3 is 9.47 Å². The lowest BCUT2D eigenvalue weighted by Crippen LogP contribution is -2.43. The third kappa shape index (κ3) is 3.52. The molecule has 2 rings (SSSR count). The van der Waals surface area contributed by atoms with Crippen molar-refractivity contribution in [1.29, 1.82) is 0 Å². The number of nitrogens with zero attached hydrogens (tertiary/aromatic N) is 1. The van der Waals surface area contributed by atoms with Gasteiger partial charge in [-0.1, -0.05) is 6.07 Å². The van der Waals surface area contributed by atoms with E-state index in [9.17, 15) is 0 Å². The molecule has 0 radical (unpaired) electrons. The minimum Gasteiger partial charge on any atom is -0.493 e. The van der Waals surface area contributed by atoms with Crippen molar-refractivity contribution in [3.63, 3.8) is 0 Å². The van der Waals surface area contributed by atoms with Crippen LogP contribution in [0.4, 0.5) is 0 Å². The van der Waals surface area contributed by atoms with Crippen LogP contribution in [0.2, 0.25) is 0 Å². The van der Waals surface area contributed by atoms with E-state index in [0.29, 0.717) is 18.6 Å². The molecule has 0 N–H and O–H groups in total. The second-order valence-electron chi connectivity index (χ2n) is 6.95. The van der Waals surface area contributed by atoms with E-state index in [1.165, 1.54) is 12.0 Å². The molecule has 1 aromatic carbocycles. The van der Waals surface area contributed by atoms with Gasteiger partial charge in [-0.05, 0) is 64.7 Å². The van der Waals surface area contributed by atoms with Crippen molar-refractivity contribution >= 4 is 0 Å². The van der Waals surface area contributed by atoms with Crippen LogP contribution >= 0.6 is 0 Å². The van der Waals surface area contributed by atoms with Crippen molar-refractivity contribution in [1.82, 2.24) is 4.90 Å². The number of methoxy groups -OCH3 is 1. The lowest BCUT2D eigenvalue weighted by molar-refractivity contribution is 0.129. The quantitative estimate of drug-likeness (QED) is 0.834. The topological polar surface area (TPSA) is 21.7 Å². The Morgan fingerprint density at radius 1 is 1.24 bits per heavy atom. The van der Waals surface area contributed by atoms with Crippen LogP contribution in [-0.4, -0.2) is 36.7 Å². The van der Waals surface area contributed by atoms with Gasteiger partial charge in [-0.15, -0.1) is 0 Å². The fraction of sp³-hybridized carbons (Fsp3) is 0.667. The van der Waals surface area contributed by atoms with Gasteiger partial charge in [-0.3, -0.25) is 4.90 Å². The minimum atomic E-state index is 0.226. The number of ether oxygens (including phenoxy) is 2. The van der Waals surface area contributed by atoms with E-state index >= 15 is 0 Å². The molecule has 0 aliphatic carbocycles. The van der Waals surface area contributed by atoms with Crippen molar-refractivity contribution in [2.75, 3.05) is 20.3 Å². The third-order valence-electron chi connectivity index (χ3n) is 4.40. The predicted molar refractivity (Wildman–Crippen MR) is 87.4 cm³/mol. The molecule has 3 heteroatoms. The summed E-state index contributed by atoms with van der Waals surface area (Å²) in [4.78, 5) is 2.60. The normalized spacial score (nSPS) is 23.3. The molecule has 118 valence electrons. The summed E-state index contributed by atoms with van der Waals surface area (Å²) in [5.74, 6) is 2.25. The van der Waals surface area contributed by atoms with Gasteiger partial charge in [-0.25, -0.2) is 0 Å². The summed E-state index contributed by atoms with van der Waals surface area (Å²) in [6.07, 6.45) is 1.20. The largest absolute Gasteiger partial charge is 0.493 e. The smallest absolute Gasteiger partial charge is 0.161 e. The fourth-order valence-electron chi connectivity index (χ4n) is 3.42. The van der Waals surface area contributed by atoms with Crippen LogP contribution in [0, 0.1) is 0 Å². The van der Waals surface area contributed by atoms with Crippen LogP contribution in [0.25, 0.3) is 0 Å². The molecule has 0 spiro atoms. The first-order chi connectivity index (χ1) is 9.86. The molecule has 3 nitrogen and oxygen atoms in total. The number of rotatable bonds is 4. The second-order valence-corrected chi connectivity index (χ2v) is 6.95. The Bertz CT molecular complexity index is 479. The first kappa shape index (κ1) is 16.2. The van der Waals surface area contributed by atoms with Crippen molar-refractivity contribution < 1.29 is 9.47 Å². The zero-order chi connectivity index (χ0) is 15.6. The lowest BCUT2D eigenvalue weighted by Gasteiger charge is -2.35. The van der Waals surface area contributed by atoms with Crippen LogP contribution in [0.1, 0.15) is 52.5 Å². The maximum atomic E-state index is 5.71. The Balaban J connectivity index is 2.21. The summed E-state index contributed by atoms with van der Waals surface area (Å²) in [7, 11) is 1.69. The average Bonchev–Trinajstić information content (AvgIpc) is 2.81. The van der Waals surface area contributed by atoms with Crippen molar-refractivity contribution in [3.8, 4) is 11.5 Å². The number of benzene rings is 1. The van der Waals surface area contributed by atoms with Gasteiger partial charge in [0.15, 0.2) is 11.5 Å². The predicted octanol–water partition coefficient (Wildman–Crippen LogP) is 4.07. The zero-order valence-corrected chi connectivity index (χ0v) is 14.3. The van der Waals surface area contributed by atoms with Crippen LogP contribution < -0.4 is 9.47 Å². The van der Waals surface area contributed by atoms with E-state index in [4.69, 9.17) is 9.47 Å². The molecule has 0 bridgehead atoms. The van der Waals surface area contributed by atoms with Crippen LogP contribution in [0.15, 0.2) is 18.2 Å². The van der Waals surface area contributed by atoms with Crippen molar-refractivity contribution in [2.24, 2.45) is 0 Å². The lowest BCUT2D eigenvalue weighted by atomic mass is 9.96. The van der Waals surface area contributed by atoms with Gasteiger partial charge in [0.2, 0.25) is 0 Å². The minimum absolute atomic E-state index is 0.226. The standard InChI is InChI=1S/C18H29NO2/c1-7-21-17-11-14(8-9-16(17)20-6)15-10-13(2)19(12-15)18(3,4)5/h8-9,11,13,15H,7,10,12H2,1-6H3/t13-,15-/m1/s1. The molecule has 1 saturated heterocycles. The summed E-state index contributed by atoms with van der Waals surface area (Å²) in [6, 6.07) is 6.99. The van der Waals surface area contributed by atoms with Crippen molar-refractivity contribution in [3.05, 3.63) is 23.8 Å². The Morgan fingerprint density at radius 3 is 2.48 bits per heavy atom. The van der Waals surface area contributed by atoms with Gasteiger partial charge in [-0.2, -0.15) is 0 Å². The van der Waals surface area contributed by atoms with E-state index < -0.39 is 0 Å². The summed E-state index contributed by atoms with van der Waals surface area (Å²) in [6.45, 7) is 13.0. The Morgan fingerprint density at radius 2 is 1.95 bits per heavy atom. The molecule has 2 atom stereocenters. The Labute approximate surface area is 129 Å². The molecule has 21 heavy (non-hydrogen) atoms. The summed E-state index contributed by atoms with van der Waals surface area (Å²) in [5, 5.41) is 0. The van der Waals surface area contributed by atoms with E-state index in [-0.39, 0.29) is 5.54 Å². The summed E-state index contributed by atoms with van der Waals surface area (Å²) >= 11 is 0. The molecular weight excluding hydrogens is 262 g/mol. The molecule has 1 aromatic rings. The number of likely N-dealkylation sites (tertiary alicyclic amines) is 1. The van der Waals surface area contributed by atoms with E-state index in [2.05, 4.69) is 44.7 Å². The third-order valence-corrected chi connectivity index (χ3v) is 4.40. The molecule has 1 fully saturated rings. The molecule has 0 unspecified atom stereocenters. The maximum Gasteiger partial charge on any atom is 0.161 e. The average molecular weight is 291 g/mol. The molecule has 0 saturated carbocycles. The van der Waals surface area contributed by atoms with Crippen LogP contribution in [-0.2, 0) is 0 Å². The number of hydrogen-bond acceptors (Lipinski definition) is 3. The van der Waals surface area contributed by atoms with Gasteiger partial charge in [0.05, 0.1) is 13.7 Å². The monoisotopic (exact) mass is 291 g/mol. The van der Waals surface area contributed by atoms with Gasteiger partial charge in [0.1, 0.15) is 0 Å². The van der Waals surface area contributed by atoms with Gasteiger partial charge in [0, 0.05) is 18.1 Å². The highest BCUT2D eigenvalue weighted by atomic mass is 16.5.